The van der Waals surface area contributed by atoms with Crippen molar-refractivity contribution in [1.82, 2.24) is 0 Å². The van der Waals surface area contributed by atoms with Gasteiger partial charge in [0, 0.05) is 33.8 Å². The van der Waals surface area contributed by atoms with Crippen molar-refractivity contribution in [3.8, 4) is 22.3 Å². The molecule has 8 aromatic carbocycles. The van der Waals surface area contributed by atoms with Gasteiger partial charge in [0.15, 0.2) is 0 Å². The molecule has 8 rings (SSSR count). The summed E-state index contributed by atoms with van der Waals surface area (Å²) < 4.78 is 0. The maximum absolute atomic E-state index is 2.34. The number of benzene rings is 8. The first-order chi connectivity index (χ1) is 23.8. The smallest absolute Gasteiger partial charge is 0.0540 e. The van der Waals surface area contributed by atoms with Crippen LogP contribution in [-0.4, -0.2) is 0 Å². The first-order valence-electron chi connectivity index (χ1n) is 16.4. The molecule has 0 amide bonds. The van der Waals surface area contributed by atoms with Gasteiger partial charge in [-0.3, -0.25) is 0 Å². The lowest BCUT2D eigenvalue weighted by Gasteiger charge is -2.27. The third-order valence-electron chi connectivity index (χ3n) is 8.85. The molecule has 0 fully saturated rings. The van der Waals surface area contributed by atoms with Crippen LogP contribution in [0, 0.1) is 0 Å². The Hall–Kier alpha value is -6.38. The van der Waals surface area contributed by atoms with Crippen molar-refractivity contribution in [2.45, 2.75) is 0 Å². The van der Waals surface area contributed by atoms with Crippen molar-refractivity contribution >= 4 is 44.9 Å². The topological polar surface area (TPSA) is 6.48 Å². The van der Waals surface area contributed by atoms with Crippen LogP contribution in [0.4, 0.5) is 34.1 Å². The molecule has 0 spiro atoms. The number of hydrogen-bond donors (Lipinski definition) is 0. The molecule has 0 atom stereocenters. The molecular formula is C46H34N2. The van der Waals surface area contributed by atoms with Crippen molar-refractivity contribution in [2.24, 2.45) is 0 Å². The lowest BCUT2D eigenvalue weighted by atomic mass is 10.0. The molecular weight excluding hydrogens is 581 g/mol. The van der Waals surface area contributed by atoms with Gasteiger partial charge in [0.25, 0.3) is 0 Å². The Kier molecular flexibility index (Phi) is 7.96. The summed E-state index contributed by atoms with van der Waals surface area (Å²) in [5.41, 5.74) is 11.5. The van der Waals surface area contributed by atoms with Gasteiger partial charge in [-0.15, -0.1) is 0 Å². The van der Waals surface area contributed by atoms with E-state index >= 15 is 0 Å². The van der Waals surface area contributed by atoms with Crippen LogP contribution in [0.3, 0.4) is 0 Å². The zero-order valence-corrected chi connectivity index (χ0v) is 26.5. The Morgan fingerprint density at radius 3 is 1.10 bits per heavy atom. The van der Waals surface area contributed by atoms with Crippen LogP contribution in [0.5, 0.6) is 0 Å². The van der Waals surface area contributed by atoms with Gasteiger partial charge in [-0.25, -0.2) is 0 Å². The fourth-order valence-corrected chi connectivity index (χ4v) is 6.47. The van der Waals surface area contributed by atoms with Gasteiger partial charge in [0.1, 0.15) is 0 Å². The second-order valence-corrected chi connectivity index (χ2v) is 11.8. The van der Waals surface area contributed by atoms with E-state index in [4.69, 9.17) is 0 Å². The first kappa shape index (κ1) is 29.1. The Bertz CT molecular complexity index is 2240. The van der Waals surface area contributed by atoms with Gasteiger partial charge >= 0.3 is 0 Å². The monoisotopic (exact) mass is 614 g/mol. The summed E-state index contributed by atoms with van der Waals surface area (Å²) in [4.78, 5) is 4.65. The van der Waals surface area contributed by atoms with Crippen molar-refractivity contribution in [2.75, 3.05) is 9.80 Å². The van der Waals surface area contributed by atoms with Crippen LogP contribution in [-0.2, 0) is 0 Å². The second kappa shape index (κ2) is 13.2. The summed E-state index contributed by atoms with van der Waals surface area (Å²) in [7, 11) is 0. The molecule has 48 heavy (non-hydrogen) atoms. The number of hydrogen-bond acceptors (Lipinski definition) is 2. The van der Waals surface area contributed by atoms with E-state index in [2.05, 4.69) is 216 Å². The molecule has 0 unspecified atom stereocenters. The molecule has 2 heteroatoms. The van der Waals surface area contributed by atoms with Gasteiger partial charge in [-0.05, 0) is 94.4 Å². The number of para-hydroxylation sites is 2. The van der Waals surface area contributed by atoms with Crippen molar-refractivity contribution < 1.29 is 0 Å². The normalized spacial score (nSPS) is 10.9. The molecule has 2 nitrogen and oxygen atoms in total. The minimum atomic E-state index is 1.11. The fraction of sp³-hybridized carbons (Fsp3) is 0. The van der Waals surface area contributed by atoms with Crippen molar-refractivity contribution in [3.05, 3.63) is 206 Å². The van der Waals surface area contributed by atoms with Crippen molar-refractivity contribution in [3.63, 3.8) is 0 Å². The van der Waals surface area contributed by atoms with Crippen LogP contribution < -0.4 is 9.80 Å². The molecule has 0 saturated heterocycles. The molecule has 0 N–H and O–H groups in total. The van der Waals surface area contributed by atoms with Crippen LogP contribution in [0.1, 0.15) is 0 Å². The van der Waals surface area contributed by atoms with E-state index in [1.165, 1.54) is 33.0 Å². The predicted molar refractivity (Wildman–Crippen MR) is 204 cm³/mol. The summed E-state index contributed by atoms with van der Waals surface area (Å²) in [6.07, 6.45) is 0. The lowest BCUT2D eigenvalue weighted by Crippen LogP contribution is -2.10. The Labute approximate surface area is 282 Å². The van der Waals surface area contributed by atoms with Gasteiger partial charge in [-0.1, -0.05) is 140 Å². The molecule has 0 aliphatic heterocycles. The predicted octanol–water partition coefficient (Wildman–Crippen LogP) is 13.1. The first-order valence-corrected chi connectivity index (χ1v) is 16.4. The van der Waals surface area contributed by atoms with Crippen LogP contribution in [0.25, 0.3) is 33.0 Å². The second-order valence-electron chi connectivity index (χ2n) is 11.8. The molecule has 0 heterocycles. The highest BCUT2D eigenvalue weighted by Gasteiger charge is 2.16. The van der Waals surface area contributed by atoms with E-state index in [-0.39, 0.29) is 0 Å². The molecule has 0 aliphatic carbocycles. The summed E-state index contributed by atoms with van der Waals surface area (Å²) in [6, 6.07) is 73.4. The highest BCUT2D eigenvalue weighted by molar-refractivity contribution is 5.99. The van der Waals surface area contributed by atoms with Gasteiger partial charge in [0.05, 0.1) is 5.69 Å². The van der Waals surface area contributed by atoms with E-state index in [9.17, 15) is 0 Å². The van der Waals surface area contributed by atoms with E-state index in [0.717, 1.165) is 34.1 Å². The Morgan fingerprint density at radius 1 is 0.229 bits per heavy atom. The quantitative estimate of drug-likeness (QED) is 0.168. The zero-order chi connectivity index (χ0) is 32.1. The minimum Gasteiger partial charge on any atom is -0.311 e. The van der Waals surface area contributed by atoms with E-state index in [1.807, 2.05) is 0 Å². The maximum Gasteiger partial charge on any atom is 0.0540 e. The summed E-state index contributed by atoms with van der Waals surface area (Å²) in [5.74, 6) is 0. The van der Waals surface area contributed by atoms with E-state index in [1.54, 1.807) is 0 Å². The van der Waals surface area contributed by atoms with Crippen LogP contribution in [0.2, 0.25) is 0 Å². The largest absolute Gasteiger partial charge is 0.311 e. The minimum absolute atomic E-state index is 1.11. The summed E-state index contributed by atoms with van der Waals surface area (Å²) in [6.45, 7) is 0. The number of anilines is 6. The summed E-state index contributed by atoms with van der Waals surface area (Å²) >= 11 is 0. The standard InChI is InChI=1S/C46H34N2/c1-4-13-35(14-5-1)36-23-29-42(30-24-36)47(40-17-6-2-7-18-40)43-31-25-37(26-32-43)38-27-33-44(34-28-38)48(41-19-8-3-9-20-41)46-22-12-16-39-15-10-11-21-45(39)46/h1-34H. The molecule has 0 bridgehead atoms. The van der Waals surface area contributed by atoms with Gasteiger partial charge in [0.2, 0.25) is 0 Å². The third kappa shape index (κ3) is 5.84. The fourth-order valence-electron chi connectivity index (χ4n) is 6.47. The molecule has 0 aliphatic rings. The third-order valence-corrected chi connectivity index (χ3v) is 8.85. The molecule has 0 saturated carbocycles. The highest BCUT2D eigenvalue weighted by Crippen LogP contribution is 2.40. The highest BCUT2D eigenvalue weighted by atomic mass is 15.1. The van der Waals surface area contributed by atoms with Gasteiger partial charge in [-0.2, -0.15) is 0 Å². The zero-order valence-electron chi connectivity index (χ0n) is 26.5. The Balaban J connectivity index is 1.11. The number of fused-ring (bicyclic) bond motifs is 1. The average molecular weight is 615 g/mol. The number of nitrogens with zero attached hydrogens (tertiary/aromatic N) is 2. The van der Waals surface area contributed by atoms with E-state index in [0.29, 0.717) is 0 Å². The van der Waals surface area contributed by atoms with Crippen molar-refractivity contribution in [1.29, 1.82) is 0 Å². The Morgan fingerprint density at radius 2 is 0.583 bits per heavy atom. The molecule has 8 aromatic rings. The molecule has 0 aromatic heterocycles. The SMILES string of the molecule is c1ccc(-c2ccc(N(c3ccccc3)c3ccc(-c4ccc(N(c5ccccc5)c5cccc6ccccc56)cc4)cc3)cc2)cc1. The molecule has 228 valence electrons. The van der Waals surface area contributed by atoms with Crippen LogP contribution >= 0.6 is 0 Å². The summed E-state index contributed by atoms with van der Waals surface area (Å²) in [5, 5.41) is 2.45. The molecule has 0 radical (unpaired) electrons. The van der Waals surface area contributed by atoms with Gasteiger partial charge < -0.3 is 9.80 Å². The average Bonchev–Trinajstić information content (AvgIpc) is 3.17. The maximum atomic E-state index is 2.34. The van der Waals surface area contributed by atoms with Crippen LogP contribution in [0.15, 0.2) is 206 Å². The number of rotatable bonds is 8. The van der Waals surface area contributed by atoms with E-state index < -0.39 is 0 Å². The lowest BCUT2D eigenvalue weighted by molar-refractivity contribution is 1.28.